The number of aliphatic carboxylic acids is 1. The maximum Gasteiger partial charge on any atom is 0.573 e. The zero-order valence-corrected chi connectivity index (χ0v) is 20.1. The van der Waals surface area contributed by atoms with Crippen molar-refractivity contribution in [2.24, 2.45) is 5.41 Å². The first-order valence-corrected chi connectivity index (χ1v) is 11.8. The number of amides is 1. The van der Waals surface area contributed by atoms with E-state index < -0.39 is 17.7 Å². The highest BCUT2D eigenvalue weighted by atomic mass is 19.4. The van der Waals surface area contributed by atoms with Crippen LogP contribution in [0.3, 0.4) is 0 Å². The number of carbonyl (C=O) groups is 2. The first kappa shape index (κ1) is 25.5. The smallest absolute Gasteiger partial charge is 0.481 e. The number of alkyl halides is 3. The van der Waals surface area contributed by atoms with Gasteiger partial charge in [0, 0.05) is 36.8 Å². The van der Waals surface area contributed by atoms with Crippen LogP contribution >= 0.6 is 0 Å². The van der Waals surface area contributed by atoms with Crippen molar-refractivity contribution < 1.29 is 32.6 Å². The van der Waals surface area contributed by atoms with Gasteiger partial charge < -0.3 is 19.3 Å². The van der Waals surface area contributed by atoms with Crippen LogP contribution in [0, 0.1) is 5.41 Å². The van der Waals surface area contributed by atoms with E-state index in [0.717, 1.165) is 16.6 Å². The normalized spacial score (nSPS) is 14.1. The molecule has 0 spiro atoms. The first-order chi connectivity index (χ1) is 16.9. The second-order valence-electron chi connectivity index (χ2n) is 9.69. The highest BCUT2D eigenvalue weighted by Crippen LogP contribution is 2.32. The van der Waals surface area contributed by atoms with E-state index in [9.17, 15) is 27.9 Å². The van der Waals surface area contributed by atoms with E-state index in [1.807, 2.05) is 16.7 Å². The molecule has 1 amide bonds. The molecule has 192 valence electrons. The Morgan fingerprint density at radius 3 is 2.67 bits per heavy atom. The monoisotopic (exact) mass is 503 g/mol. The summed E-state index contributed by atoms with van der Waals surface area (Å²) < 4.78 is 44.1. The second-order valence-corrected chi connectivity index (χ2v) is 9.69. The number of ether oxygens (including phenoxy) is 1. The molecule has 0 aliphatic carbocycles. The molecule has 0 fully saturated rings. The van der Waals surface area contributed by atoms with Gasteiger partial charge in [-0.3, -0.25) is 9.59 Å². The van der Waals surface area contributed by atoms with E-state index in [4.69, 9.17) is 0 Å². The van der Waals surface area contributed by atoms with E-state index in [1.54, 1.807) is 31.0 Å². The summed E-state index contributed by atoms with van der Waals surface area (Å²) in [5.41, 5.74) is 2.41. The van der Waals surface area contributed by atoms with Gasteiger partial charge in [0.05, 0.1) is 12.0 Å². The Labute approximate surface area is 206 Å². The van der Waals surface area contributed by atoms with Crippen LogP contribution in [0.2, 0.25) is 0 Å². The summed E-state index contributed by atoms with van der Waals surface area (Å²) in [5.74, 6) is -1.23. The fraction of sp³-hybridized carbons (Fsp3) is 0.423. The fourth-order valence-corrected chi connectivity index (χ4v) is 4.61. The maximum atomic E-state index is 13.0. The van der Waals surface area contributed by atoms with Gasteiger partial charge in [0.25, 0.3) is 0 Å². The molecular weight excluding hydrogens is 475 g/mol. The number of benzene rings is 1. The minimum Gasteiger partial charge on any atom is -0.481 e. The minimum atomic E-state index is -4.78. The summed E-state index contributed by atoms with van der Waals surface area (Å²) in [6.45, 7) is 4.45. The molecule has 1 aliphatic rings. The molecule has 0 atom stereocenters. The zero-order chi connectivity index (χ0) is 26.1. The Morgan fingerprint density at radius 1 is 1.17 bits per heavy atom. The lowest BCUT2D eigenvalue weighted by Gasteiger charge is -2.29. The van der Waals surface area contributed by atoms with E-state index in [0.29, 0.717) is 43.6 Å². The number of carbonyl (C=O) groups excluding carboxylic acids is 1. The molecule has 7 nitrogen and oxygen atoms in total. The molecule has 0 saturated heterocycles. The molecule has 0 unspecified atom stereocenters. The Morgan fingerprint density at radius 2 is 1.94 bits per heavy atom. The highest BCUT2D eigenvalue weighted by molar-refractivity contribution is 5.84. The summed E-state index contributed by atoms with van der Waals surface area (Å²) in [6.07, 6.45) is -1.36. The first-order valence-electron chi connectivity index (χ1n) is 11.8. The Bertz CT molecular complexity index is 1280. The predicted molar refractivity (Wildman–Crippen MR) is 126 cm³/mol. The molecule has 4 rings (SSSR count). The van der Waals surface area contributed by atoms with Crippen LogP contribution in [0.25, 0.3) is 11.0 Å². The fourth-order valence-electron chi connectivity index (χ4n) is 4.61. The molecule has 0 saturated carbocycles. The van der Waals surface area contributed by atoms with Crippen LogP contribution in [-0.4, -0.2) is 44.3 Å². The Hall–Kier alpha value is -3.56. The van der Waals surface area contributed by atoms with Crippen LogP contribution in [-0.2, 0) is 29.1 Å². The van der Waals surface area contributed by atoms with Crippen LogP contribution in [0.4, 0.5) is 13.2 Å². The van der Waals surface area contributed by atoms with E-state index >= 15 is 0 Å². The number of nitrogens with zero attached hydrogens (tertiary/aromatic N) is 3. The number of halogens is 3. The summed E-state index contributed by atoms with van der Waals surface area (Å²) in [4.78, 5) is 30.6. The van der Waals surface area contributed by atoms with Gasteiger partial charge in [-0.1, -0.05) is 12.1 Å². The van der Waals surface area contributed by atoms with Crippen molar-refractivity contribution in [1.29, 1.82) is 0 Å². The second kappa shape index (κ2) is 9.83. The molecule has 1 aromatic carbocycles. The van der Waals surface area contributed by atoms with Crippen LogP contribution in [0.15, 0.2) is 42.6 Å². The molecule has 10 heteroatoms. The predicted octanol–water partition coefficient (Wildman–Crippen LogP) is 5.15. The zero-order valence-electron chi connectivity index (χ0n) is 20.1. The van der Waals surface area contributed by atoms with Gasteiger partial charge in [-0.15, -0.1) is 13.2 Å². The molecule has 0 bridgehead atoms. The van der Waals surface area contributed by atoms with Crippen LogP contribution < -0.4 is 4.74 Å². The quantitative estimate of drug-likeness (QED) is 0.460. The van der Waals surface area contributed by atoms with Crippen LogP contribution in [0.1, 0.15) is 49.9 Å². The number of hydrogen-bond acceptors (Lipinski definition) is 4. The molecule has 36 heavy (non-hydrogen) atoms. The average molecular weight is 504 g/mol. The van der Waals surface area contributed by atoms with Crippen molar-refractivity contribution >= 4 is 22.9 Å². The SMILES string of the molecule is CC(C)(CCCC(=O)N1CCc2c(n(Cc3cccc(OC(F)(F)F)c3)c3ncccc23)C1)C(=O)O. The van der Waals surface area contributed by atoms with Gasteiger partial charge >= 0.3 is 12.3 Å². The van der Waals surface area contributed by atoms with E-state index in [1.165, 1.54) is 18.2 Å². The average Bonchev–Trinajstić information content (AvgIpc) is 3.11. The van der Waals surface area contributed by atoms with Gasteiger partial charge in [-0.05, 0) is 68.5 Å². The standard InChI is InChI=1S/C26H28F3N3O4/c1-25(2,24(34)35)11-4-9-22(33)31-13-10-19-20-8-5-12-30-23(20)32(21(19)16-31)15-17-6-3-7-18(14-17)36-26(27,28)29/h3,5-8,12,14H,4,9-11,13,15-16H2,1-2H3,(H,34,35). The summed E-state index contributed by atoms with van der Waals surface area (Å²) in [7, 11) is 0. The van der Waals surface area contributed by atoms with E-state index in [-0.39, 0.29) is 24.6 Å². The number of rotatable bonds is 8. The lowest BCUT2D eigenvalue weighted by molar-refractivity contribution is -0.274. The summed E-state index contributed by atoms with van der Waals surface area (Å²) in [5, 5.41) is 10.3. The van der Waals surface area contributed by atoms with Gasteiger partial charge in [0.2, 0.25) is 5.91 Å². The topological polar surface area (TPSA) is 84.7 Å². The van der Waals surface area contributed by atoms with Crippen molar-refractivity contribution in [3.8, 4) is 5.75 Å². The molecule has 2 aromatic heterocycles. The third kappa shape index (κ3) is 5.63. The van der Waals surface area contributed by atoms with Crippen molar-refractivity contribution in [3.05, 3.63) is 59.4 Å². The summed E-state index contributed by atoms with van der Waals surface area (Å²) >= 11 is 0. The number of fused-ring (bicyclic) bond motifs is 3. The number of hydrogen-bond donors (Lipinski definition) is 1. The van der Waals surface area contributed by atoms with Crippen molar-refractivity contribution in [3.63, 3.8) is 0 Å². The van der Waals surface area contributed by atoms with Crippen LogP contribution in [0.5, 0.6) is 5.75 Å². The van der Waals surface area contributed by atoms with Gasteiger partial charge in [0.15, 0.2) is 0 Å². The lowest BCUT2D eigenvalue weighted by Crippen LogP contribution is -2.36. The number of aromatic nitrogens is 2. The molecule has 1 aliphatic heterocycles. The van der Waals surface area contributed by atoms with Crippen molar-refractivity contribution in [1.82, 2.24) is 14.5 Å². The maximum absolute atomic E-state index is 13.0. The third-order valence-corrected chi connectivity index (χ3v) is 6.61. The lowest BCUT2D eigenvalue weighted by atomic mass is 9.87. The molecule has 3 heterocycles. The Balaban J connectivity index is 1.56. The molecular formula is C26H28F3N3O4. The molecule has 3 aromatic rings. The largest absolute Gasteiger partial charge is 0.573 e. The van der Waals surface area contributed by atoms with E-state index in [2.05, 4.69) is 9.72 Å². The molecule has 0 radical (unpaired) electrons. The van der Waals surface area contributed by atoms with Gasteiger partial charge in [0.1, 0.15) is 11.4 Å². The molecule has 1 N–H and O–H groups in total. The van der Waals surface area contributed by atoms with Gasteiger partial charge in [-0.25, -0.2) is 4.98 Å². The third-order valence-electron chi connectivity index (χ3n) is 6.61. The van der Waals surface area contributed by atoms with Gasteiger partial charge in [-0.2, -0.15) is 0 Å². The minimum absolute atomic E-state index is 0.0489. The van der Waals surface area contributed by atoms with Crippen molar-refractivity contribution in [2.75, 3.05) is 6.54 Å². The summed E-state index contributed by atoms with van der Waals surface area (Å²) in [6, 6.07) is 9.64. The highest BCUT2D eigenvalue weighted by Gasteiger charge is 2.32. The number of pyridine rings is 1. The number of carboxylic acid groups (broad SMARTS) is 1. The Kier molecular flexibility index (Phi) is 6.97. The van der Waals surface area contributed by atoms with Crippen molar-refractivity contribution in [2.45, 2.75) is 59.0 Å². The number of carboxylic acids is 1.